The molecule has 2 aliphatic rings. The Morgan fingerprint density at radius 3 is 2.31 bits per heavy atom. The molecule has 0 saturated carbocycles. The molecule has 6 heteroatoms. The number of dihydropyridines is 1. The van der Waals surface area contributed by atoms with Crippen LogP contribution < -0.4 is 5.32 Å². The molecule has 0 radical (unpaired) electrons. The molecule has 0 amide bonds. The van der Waals surface area contributed by atoms with Gasteiger partial charge in [0.15, 0.2) is 5.78 Å². The molecule has 1 aliphatic carbocycles. The maximum atomic E-state index is 13.6. The number of halogens is 2. The Balaban J connectivity index is 1.78. The number of nitrogens with one attached hydrogen (secondary N) is 1. The van der Waals surface area contributed by atoms with Gasteiger partial charge in [0.1, 0.15) is 5.82 Å². The van der Waals surface area contributed by atoms with Crippen molar-refractivity contribution in [1.82, 2.24) is 5.32 Å². The van der Waals surface area contributed by atoms with Crippen molar-refractivity contribution in [3.63, 3.8) is 0 Å². The van der Waals surface area contributed by atoms with E-state index in [-0.39, 0.29) is 23.6 Å². The molecule has 1 aliphatic heterocycles. The molecule has 166 valence electrons. The predicted octanol–water partition coefficient (Wildman–Crippen LogP) is 5.79. The van der Waals surface area contributed by atoms with Crippen LogP contribution in [0.4, 0.5) is 4.39 Å². The van der Waals surface area contributed by atoms with E-state index in [0.29, 0.717) is 40.3 Å². The highest BCUT2D eigenvalue weighted by molar-refractivity contribution is 6.30. The Morgan fingerprint density at radius 1 is 1.06 bits per heavy atom. The third-order valence-electron chi connectivity index (χ3n) is 5.93. The molecular weight excluding hydrogens is 429 g/mol. The van der Waals surface area contributed by atoms with E-state index in [1.807, 2.05) is 31.2 Å². The average molecular weight is 454 g/mol. The molecule has 4 rings (SSSR count). The van der Waals surface area contributed by atoms with Crippen LogP contribution in [-0.2, 0) is 14.3 Å². The second kappa shape index (κ2) is 8.91. The van der Waals surface area contributed by atoms with E-state index in [1.54, 1.807) is 26.0 Å². The summed E-state index contributed by atoms with van der Waals surface area (Å²) >= 11 is 6.02. The number of ketones is 1. The molecule has 0 spiro atoms. The molecule has 32 heavy (non-hydrogen) atoms. The zero-order valence-electron chi connectivity index (χ0n) is 18.2. The lowest BCUT2D eigenvalue weighted by Gasteiger charge is -2.37. The molecule has 0 aromatic heterocycles. The van der Waals surface area contributed by atoms with Gasteiger partial charge in [-0.25, -0.2) is 9.18 Å². The normalized spacial score (nSPS) is 20.9. The van der Waals surface area contributed by atoms with Crippen LogP contribution in [0.1, 0.15) is 56.6 Å². The quantitative estimate of drug-likeness (QED) is 0.595. The lowest BCUT2D eigenvalue weighted by Crippen LogP contribution is -2.36. The van der Waals surface area contributed by atoms with E-state index in [9.17, 15) is 14.0 Å². The Morgan fingerprint density at radius 2 is 1.69 bits per heavy atom. The van der Waals surface area contributed by atoms with Crippen LogP contribution in [0.5, 0.6) is 0 Å². The van der Waals surface area contributed by atoms with Gasteiger partial charge in [0.05, 0.1) is 11.7 Å². The van der Waals surface area contributed by atoms with Crippen molar-refractivity contribution in [2.45, 2.75) is 51.6 Å². The predicted molar refractivity (Wildman–Crippen MR) is 122 cm³/mol. The Hall–Kier alpha value is -2.92. The third-order valence-corrected chi connectivity index (χ3v) is 6.19. The molecule has 0 saturated heterocycles. The summed E-state index contributed by atoms with van der Waals surface area (Å²) in [7, 11) is 0. The summed E-state index contributed by atoms with van der Waals surface area (Å²) in [5.41, 5.74) is 4.13. The summed E-state index contributed by atoms with van der Waals surface area (Å²) in [6, 6.07) is 13.5. The van der Waals surface area contributed by atoms with Crippen molar-refractivity contribution in [3.8, 4) is 0 Å². The molecule has 2 atom stereocenters. The van der Waals surface area contributed by atoms with Gasteiger partial charge in [-0.3, -0.25) is 4.79 Å². The van der Waals surface area contributed by atoms with E-state index in [1.165, 1.54) is 12.1 Å². The summed E-state index contributed by atoms with van der Waals surface area (Å²) < 4.78 is 19.1. The molecule has 1 heterocycles. The second-order valence-electron chi connectivity index (χ2n) is 8.57. The van der Waals surface area contributed by atoms with Crippen LogP contribution in [0.2, 0.25) is 5.02 Å². The van der Waals surface area contributed by atoms with Gasteiger partial charge in [0, 0.05) is 34.3 Å². The zero-order valence-corrected chi connectivity index (χ0v) is 19.0. The fourth-order valence-corrected chi connectivity index (χ4v) is 4.67. The number of benzene rings is 2. The van der Waals surface area contributed by atoms with Crippen molar-refractivity contribution in [2.75, 3.05) is 0 Å². The van der Waals surface area contributed by atoms with E-state index in [0.717, 1.165) is 11.3 Å². The Labute approximate surface area is 192 Å². The summed E-state index contributed by atoms with van der Waals surface area (Å²) in [4.78, 5) is 26.5. The highest BCUT2D eigenvalue weighted by Crippen LogP contribution is 2.45. The standard InChI is InChI=1S/C26H25ClFNO3/c1-14(2)32-26(31)23-15(3)29-21-12-18(16-4-8-19(27)9-5-16)13-22(30)25(21)24(23)17-6-10-20(28)11-7-17/h4-11,14,18,24,29H,12-13H2,1-3H3/t18-,24+/m0/s1. The number of esters is 1. The van der Waals surface area contributed by atoms with Gasteiger partial charge in [-0.15, -0.1) is 0 Å². The van der Waals surface area contributed by atoms with Gasteiger partial charge in [0.2, 0.25) is 0 Å². The van der Waals surface area contributed by atoms with E-state index in [4.69, 9.17) is 16.3 Å². The largest absolute Gasteiger partial charge is 0.460 e. The third kappa shape index (κ3) is 4.35. The first-order valence-corrected chi connectivity index (χ1v) is 11.1. The van der Waals surface area contributed by atoms with E-state index < -0.39 is 11.9 Å². The van der Waals surface area contributed by atoms with Crippen LogP contribution >= 0.6 is 11.6 Å². The number of rotatable bonds is 4. The van der Waals surface area contributed by atoms with Crippen LogP contribution in [0, 0.1) is 5.82 Å². The van der Waals surface area contributed by atoms with Crippen LogP contribution in [-0.4, -0.2) is 17.9 Å². The van der Waals surface area contributed by atoms with E-state index in [2.05, 4.69) is 5.32 Å². The minimum atomic E-state index is -0.600. The molecule has 2 aromatic rings. The topological polar surface area (TPSA) is 55.4 Å². The van der Waals surface area contributed by atoms with E-state index >= 15 is 0 Å². The summed E-state index contributed by atoms with van der Waals surface area (Å²) in [5.74, 6) is -1.47. The van der Waals surface area contributed by atoms with Crippen molar-refractivity contribution in [1.29, 1.82) is 0 Å². The SMILES string of the molecule is CC1=C(C(=O)OC(C)C)[C@@H](c2ccc(F)cc2)C2=C(C[C@H](c3ccc(Cl)cc3)CC2=O)N1. The highest BCUT2D eigenvalue weighted by Gasteiger charge is 2.41. The minimum absolute atomic E-state index is 0.0110. The number of Topliss-reactive ketones (excluding diaryl/α,β-unsaturated/α-hetero) is 1. The van der Waals surface area contributed by atoms with Crippen molar-refractivity contribution in [3.05, 3.63) is 93.0 Å². The molecule has 2 aromatic carbocycles. The summed E-state index contributed by atoms with van der Waals surface area (Å²) in [6.45, 7) is 5.38. The molecular formula is C26H25ClFNO3. The smallest absolute Gasteiger partial charge is 0.337 e. The van der Waals surface area contributed by atoms with Gasteiger partial charge in [-0.1, -0.05) is 35.9 Å². The lowest BCUT2D eigenvalue weighted by atomic mass is 9.72. The summed E-state index contributed by atoms with van der Waals surface area (Å²) in [6.07, 6.45) is 0.652. The number of allylic oxidation sites excluding steroid dienone is 3. The number of hydrogen-bond acceptors (Lipinski definition) is 4. The number of carbonyl (C=O) groups excluding carboxylic acids is 2. The van der Waals surface area contributed by atoms with Crippen LogP contribution in [0.25, 0.3) is 0 Å². The average Bonchev–Trinajstić information content (AvgIpc) is 2.73. The lowest BCUT2D eigenvalue weighted by molar-refractivity contribution is -0.143. The van der Waals surface area contributed by atoms with Gasteiger partial charge >= 0.3 is 5.97 Å². The van der Waals surface area contributed by atoms with Gasteiger partial charge < -0.3 is 10.1 Å². The number of carbonyl (C=O) groups is 2. The van der Waals surface area contributed by atoms with Crippen molar-refractivity contribution < 1.29 is 18.7 Å². The Kier molecular flexibility index (Phi) is 6.20. The second-order valence-corrected chi connectivity index (χ2v) is 9.01. The molecule has 0 bridgehead atoms. The van der Waals surface area contributed by atoms with Gasteiger partial charge in [0.25, 0.3) is 0 Å². The first-order chi connectivity index (χ1) is 15.2. The number of hydrogen-bond donors (Lipinski definition) is 1. The van der Waals surface area contributed by atoms with Gasteiger partial charge in [-0.2, -0.15) is 0 Å². The first kappa shape index (κ1) is 22.3. The molecule has 0 fully saturated rings. The van der Waals surface area contributed by atoms with Gasteiger partial charge in [-0.05, 0) is 68.5 Å². The fraction of sp³-hybridized carbons (Fsp3) is 0.308. The minimum Gasteiger partial charge on any atom is -0.460 e. The monoisotopic (exact) mass is 453 g/mol. The fourth-order valence-electron chi connectivity index (χ4n) is 4.55. The maximum Gasteiger partial charge on any atom is 0.337 e. The van der Waals surface area contributed by atoms with Crippen LogP contribution in [0.3, 0.4) is 0 Å². The van der Waals surface area contributed by atoms with Crippen LogP contribution in [0.15, 0.2) is 71.1 Å². The summed E-state index contributed by atoms with van der Waals surface area (Å²) in [5, 5.41) is 3.96. The van der Waals surface area contributed by atoms with Crippen molar-refractivity contribution >= 4 is 23.4 Å². The maximum absolute atomic E-state index is 13.6. The highest BCUT2D eigenvalue weighted by atomic mass is 35.5. The molecule has 1 N–H and O–H groups in total. The van der Waals surface area contributed by atoms with Crippen molar-refractivity contribution in [2.24, 2.45) is 0 Å². The number of ether oxygens (including phenoxy) is 1. The molecule has 4 nitrogen and oxygen atoms in total. The molecule has 0 unspecified atom stereocenters. The first-order valence-electron chi connectivity index (χ1n) is 10.7. The Bertz CT molecular complexity index is 1120. The zero-order chi connectivity index (χ0) is 23.0.